The molecule has 0 saturated heterocycles. The summed E-state index contributed by atoms with van der Waals surface area (Å²) in [5, 5.41) is 9.72. The molecule has 1 aliphatic carbocycles. The van der Waals surface area contributed by atoms with E-state index in [1.807, 2.05) is 30.5 Å². The molecular weight excluding hydrogens is 374 g/mol. The number of sulfone groups is 1. The molecule has 1 saturated carbocycles. The molecule has 1 fully saturated rings. The second kappa shape index (κ2) is 5.39. The Hall–Kier alpha value is -3.26. The minimum atomic E-state index is -3.40. The first-order valence-corrected chi connectivity index (χ1v) is 10.6. The van der Waals surface area contributed by atoms with Crippen LogP contribution in [0.15, 0.2) is 59.4 Å². The fraction of sp³-hybridized carbons (Fsp3) is 0.150. The van der Waals surface area contributed by atoms with E-state index in [1.165, 1.54) is 11.7 Å². The van der Waals surface area contributed by atoms with E-state index in [0.29, 0.717) is 10.8 Å². The maximum Gasteiger partial charge on any atom is 0.200 e. The van der Waals surface area contributed by atoms with Crippen molar-refractivity contribution in [2.45, 2.75) is 17.7 Å². The van der Waals surface area contributed by atoms with Gasteiger partial charge in [0, 0.05) is 22.7 Å². The van der Waals surface area contributed by atoms with Crippen molar-refractivity contribution in [2.24, 2.45) is 5.92 Å². The maximum absolute atomic E-state index is 12.7. The smallest absolute Gasteiger partial charge is 0.200 e. The van der Waals surface area contributed by atoms with Gasteiger partial charge in [-0.05, 0) is 60.2 Å². The summed E-state index contributed by atoms with van der Waals surface area (Å²) in [5.41, 5.74) is 4.90. The standard InChI is InChI=1S/C20H15N5O2S/c26-28(27)10-16(12-1-2-12)14-7-18-15(8-19(14)28)17(5-6-21-18)24-13-3-4-20-22-11-23-25(20)9-13/h3-12H,1-2H2,(H,21,24). The van der Waals surface area contributed by atoms with E-state index in [2.05, 4.69) is 20.4 Å². The molecule has 0 radical (unpaired) electrons. The van der Waals surface area contributed by atoms with Crippen molar-refractivity contribution in [3.63, 3.8) is 0 Å². The fourth-order valence-electron chi connectivity index (χ4n) is 3.79. The number of fused-ring (bicyclic) bond motifs is 3. The van der Waals surface area contributed by atoms with Gasteiger partial charge in [0.05, 0.1) is 22.3 Å². The molecule has 8 heteroatoms. The average Bonchev–Trinajstić information content (AvgIpc) is 3.36. The highest BCUT2D eigenvalue weighted by Gasteiger charge is 2.36. The van der Waals surface area contributed by atoms with E-state index in [4.69, 9.17) is 0 Å². The Morgan fingerprint density at radius 1 is 1.11 bits per heavy atom. The number of hydrogen-bond donors (Lipinski definition) is 1. The van der Waals surface area contributed by atoms with E-state index in [9.17, 15) is 8.42 Å². The predicted octanol–water partition coefficient (Wildman–Crippen LogP) is 3.56. The number of benzene rings is 1. The summed E-state index contributed by atoms with van der Waals surface area (Å²) in [7, 11) is -3.40. The lowest BCUT2D eigenvalue weighted by Crippen LogP contribution is -1.98. The third kappa shape index (κ3) is 2.34. The van der Waals surface area contributed by atoms with Crippen LogP contribution in [-0.4, -0.2) is 28.0 Å². The van der Waals surface area contributed by atoms with Crippen LogP contribution in [0.4, 0.5) is 11.4 Å². The number of nitrogens with one attached hydrogen (secondary N) is 1. The van der Waals surface area contributed by atoms with Gasteiger partial charge in [-0.15, -0.1) is 0 Å². The van der Waals surface area contributed by atoms with Gasteiger partial charge in [0.1, 0.15) is 6.33 Å². The molecular formula is C20H15N5O2S. The molecule has 4 heterocycles. The molecule has 4 aromatic rings. The second-order valence-electron chi connectivity index (χ2n) is 7.22. The van der Waals surface area contributed by atoms with E-state index < -0.39 is 9.84 Å². The van der Waals surface area contributed by atoms with Gasteiger partial charge in [0.25, 0.3) is 0 Å². The third-order valence-electron chi connectivity index (χ3n) is 5.31. The fourth-order valence-corrected chi connectivity index (χ4v) is 5.34. The third-order valence-corrected chi connectivity index (χ3v) is 6.83. The lowest BCUT2D eigenvalue weighted by molar-refractivity contribution is 0.605. The van der Waals surface area contributed by atoms with Gasteiger partial charge in [-0.2, -0.15) is 5.10 Å². The van der Waals surface area contributed by atoms with Crippen molar-refractivity contribution in [1.29, 1.82) is 0 Å². The van der Waals surface area contributed by atoms with Gasteiger partial charge in [0.15, 0.2) is 5.65 Å². The Bertz CT molecular complexity index is 1420. The topological polar surface area (TPSA) is 89.2 Å². The van der Waals surface area contributed by atoms with Crippen LogP contribution in [-0.2, 0) is 9.84 Å². The summed E-state index contributed by atoms with van der Waals surface area (Å²) in [6.07, 6.45) is 7.18. The Morgan fingerprint density at radius 3 is 2.86 bits per heavy atom. The van der Waals surface area contributed by atoms with Crippen LogP contribution in [0.5, 0.6) is 0 Å². The largest absolute Gasteiger partial charge is 0.354 e. The van der Waals surface area contributed by atoms with Crippen molar-refractivity contribution in [2.75, 3.05) is 5.32 Å². The summed E-state index contributed by atoms with van der Waals surface area (Å²) in [6.45, 7) is 0. The van der Waals surface area contributed by atoms with Gasteiger partial charge in [-0.3, -0.25) is 4.98 Å². The molecule has 0 bridgehead atoms. The molecule has 6 rings (SSSR count). The predicted molar refractivity (Wildman–Crippen MR) is 106 cm³/mol. The minimum absolute atomic E-state index is 0.365. The lowest BCUT2D eigenvalue weighted by atomic mass is 10.0. The van der Waals surface area contributed by atoms with Crippen LogP contribution >= 0.6 is 0 Å². The summed E-state index contributed by atoms with van der Waals surface area (Å²) < 4.78 is 27.1. The summed E-state index contributed by atoms with van der Waals surface area (Å²) in [6, 6.07) is 9.28. The maximum atomic E-state index is 12.7. The van der Waals surface area contributed by atoms with E-state index >= 15 is 0 Å². The van der Waals surface area contributed by atoms with Gasteiger partial charge in [-0.1, -0.05) is 0 Å². The van der Waals surface area contributed by atoms with E-state index in [0.717, 1.165) is 51.9 Å². The number of aromatic nitrogens is 4. The molecule has 0 amide bonds. The SMILES string of the molecule is O=S1(=O)C=C(C2CC2)c2cc3nccc(Nc4ccc5ncnn5c4)c3cc21. The molecule has 0 unspecified atom stereocenters. The monoisotopic (exact) mass is 389 g/mol. The Balaban J connectivity index is 1.49. The summed E-state index contributed by atoms with van der Waals surface area (Å²) in [5.74, 6) is 0.365. The first kappa shape index (κ1) is 15.8. The Kier molecular flexibility index (Phi) is 3.03. The van der Waals surface area contributed by atoms with Crippen LogP contribution < -0.4 is 5.32 Å². The number of anilines is 2. The first-order chi connectivity index (χ1) is 13.6. The zero-order valence-electron chi connectivity index (χ0n) is 14.7. The minimum Gasteiger partial charge on any atom is -0.354 e. The second-order valence-corrected chi connectivity index (χ2v) is 8.99. The molecule has 0 spiro atoms. The number of rotatable bonds is 3. The zero-order chi connectivity index (χ0) is 18.9. The van der Waals surface area contributed by atoms with Crippen LogP contribution in [0.1, 0.15) is 18.4 Å². The van der Waals surface area contributed by atoms with Crippen molar-refractivity contribution in [3.05, 3.63) is 60.0 Å². The van der Waals surface area contributed by atoms with Gasteiger partial charge >= 0.3 is 0 Å². The Labute approximate surface area is 160 Å². The highest BCUT2D eigenvalue weighted by atomic mass is 32.2. The van der Waals surface area contributed by atoms with E-state index in [1.54, 1.807) is 16.8 Å². The molecule has 138 valence electrons. The van der Waals surface area contributed by atoms with Crippen LogP contribution in [0.25, 0.3) is 22.1 Å². The summed E-state index contributed by atoms with van der Waals surface area (Å²) >= 11 is 0. The normalized spacial score (nSPS) is 17.6. The summed E-state index contributed by atoms with van der Waals surface area (Å²) in [4.78, 5) is 8.99. The number of hydrogen-bond acceptors (Lipinski definition) is 6. The highest BCUT2D eigenvalue weighted by Crippen LogP contribution is 2.49. The first-order valence-electron chi connectivity index (χ1n) is 9.05. The average molecular weight is 389 g/mol. The molecule has 7 nitrogen and oxygen atoms in total. The molecule has 1 aromatic carbocycles. The van der Waals surface area contributed by atoms with Crippen LogP contribution in [0.3, 0.4) is 0 Å². The molecule has 1 aliphatic heterocycles. The zero-order valence-corrected chi connectivity index (χ0v) is 15.5. The number of pyridine rings is 2. The number of nitrogens with zero attached hydrogens (tertiary/aromatic N) is 4. The van der Waals surface area contributed by atoms with Crippen LogP contribution in [0, 0.1) is 5.92 Å². The van der Waals surface area contributed by atoms with Gasteiger partial charge in [0.2, 0.25) is 9.84 Å². The quantitative estimate of drug-likeness (QED) is 0.576. The van der Waals surface area contributed by atoms with Gasteiger partial charge < -0.3 is 5.32 Å². The van der Waals surface area contributed by atoms with Crippen molar-refractivity contribution < 1.29 is 8.42 Å². The van der Waals surface area contributed by atoms with Crippen LogP contribution in [0.2, 0.25) is 0 Å². The highest BCUT2D eigenvalue weighted by molar-refractivity contribution is 7.95. The van der Waals surface area contributed by atoms with Crippen molar-refractivity contribution in [3.8, 4) is 0 Å². The molecule has 0 atom stereocenters. The number of allylic oxidation sites excluding steroid dienone is 1. The van der Waals surface area contributed by atoms with Gasteiger partial charge in [-0.25, -0.2) is 17.9 Å². The Morgan fingerprint density at radius 2 is 2.00 bits per heavy atom. The lowest BCUT2D eigenvalue weighted by Gasteiger charge is -2.12. The van der Waals surface area contributed by atoms with E-state index in [-0.39, 0.29) is 0 Å². The molecule has 1 N–H and O–H groups in total. The van der Waals surface area contributed by atoms with Crippen molar-refractivity contribution in [1.82, 2.24) is 19.6 Å². The molecule has 2 aliphatic rings. The molecule has 28 heavy (non-hydrogen) atoms. The molecule has 3 aromatic heterocycles. The van der Waals surface area contributed by atoms with Crippen molar-refractivity contribution >= 4 is 43.3 Å².